The van der Waals surface area contributed by atoms with E-state index < -0.39 is 9.84 Å². The van der Waals surface area contributed by atoms with Crippen LogP contribution in [0.15, 0.2) is 27.6 Å². The zero-order valence-electron chi connectivity index (χ0n) is 11.9. The second-order valence-electron chi connectivity index (χ2n) is 5.32. The molecule has 5 nitrogen and oxygen atoms in total. The van der Waals surface area contributed by atoms with Crippen LogP contribution < -0.4 is 10.6 Å². The van der Waals surface area contributed by atoms with Gasteiger partial charge in [0.2, 0.25) is 5.91 Å². The van der Waals surface area contributed by atoms with Gasteiger partial charge < -0.3 is 10.6 Å². The number of nitrogens with one attached hydrogen (secondary N) is 2. The molecule has 7 heteroatoms. The number of anilines is 1. The molecule has 0 aliphatic heterocycles. The number of amides is 1. The summed E-state index contributed by atoms with van der Waals surface area (Å²) in [7, 11) is -3.35. The molecule has 1 amide bonds. The van der Waals surface area contributed by atoms with Gasteiger partial charge in [-0.25, -0.2) is 8.42 Å². The van der Waals surface area contributed by atoms with Crippen LogP contribution in [0.4, 0.5) is 5.69 Å². The Labute approximate surface area is 133 Å². The van der Waals surface area contributed by atoms with Crippen molar-refractivity contribution >= 4 is 37.4 Å². The van der Waals surface area contributed by atoms with Crippen molar-refractivity contribution in [3.05, 3.63) is 22.7 Å². The second kappa shape index (κ2) is 6.79. The van der Waals surface area contributed by atoms with Crippen molar-refractivity contribution in [2.45, 2.75) is 36.6 Å². The molecule has 2 N–H and O–H groups in total. The smallest absolute Gasteiger partial charge is 0.239 e. The number of halogens is 1. The lowest BCUT2D eigenvalue weighted by atomic mass is 10.2. The second-order valence-corrected chi connectivity index (χ2v) is 8.21. The van der Waals surface area contributed by atoms with Crippen LogP contribution >= 0.6 is 15.9 Å². The molecule has 21 heavy (non-hydrogen) atoms. The van der Waals surface area contributed by atoms with Crippen LogP contribution in [0.25, 0.3) is 0 Å². The average Bonchev–Trinajstić information content (AvgIpc) is 2.89. The number of benzene rings is 1. The highest BCUT2D eigenvalue weighted by Crippen LogP contribution is 2.25. The van der Waals surface area contributed by atoms with Crippen LogP contribution in [0.2, 0.25) is 0 Å². The van der Waals surface area contributed by atoms with Gasteiger partial charge in [0.1, 0.15) is 0 Å². The highest BCUT2D eigenvalue weighted by molar-refractivity contribution is 9.10. The fraction of sp³-hybridized carbons (Fsp3) is 0.500. The zero-order chi connectivity index (χ0) is 15.5. The van der Waals surface area contributed by atoms with Crippen LogP contribution in [0.3, 0.4) is 0 Å². The first-order chi connectivity index (χ1) is 9.86. The van der Waals surface area contributed by atoms with Crippen molar-refractivity contribution in [2.24, 2.45) is 0 Å². The van der Waals surface area contributed by atoms with Gasteiger partial charge >= 0.3 is 0 Å². The summed E-state index contributed by atoms with van der Waals surface area (Å²) in [5, 5.41) is 5.87. The van der Waals surface area contributed by atoms with Crippen LogP contribution in [0.1, 0.15) is 25.7 Å². The zero-order valence-corrected chi connectivity index (χ0v) is 14.3. The molecule has 0 saturated heterocycles. The van der Waals surface area contributed by atoms with Gasteiger partial charge in [0.15, 0.2) is 9.84 Å². The molecule has 0 radical (unpaired) electrons. The van der Waals surface area contributed by atoms with E-state index in [1.54, 1.807) is 12.1 Å². The molecular weight excluding hydrogens is 356 g/mol. The molecule has 1 aromatic rings. The van der Waals surface area contributed by atoms with Crippen LogP contribution in [0.5, 0.6) is 0 Å². The molecule has 116 valence electrons. The first-order valence-electron chi connectivity index (χ1n) is 6.89. The SMILES string of the molecule is CS(=O)(=O)c1cc(Br)ccc1NCC(=O)NC1CCCC1. The van der Waals surface area contributed by atoms with E-state index in [4.69, 9.17) is 0 Å². The predicted molar refractivity (Wildman–Crippen MR) is 86.1 cm³/mol. The summed E-state index contributed by atoms with van der Waals surface area (Å²) in [6.07, 6.45) is 5.52. The Morgan fingerprint density at radius 3 is 2.62 bits per heavy atom. The highest BCUT2D eigenvalue weighted by Gasteiger charge is 2.18. The van der Waals surface area contributed by atoms with Gasteiger partial charge in [-0.3, -0.25) is 4.79 Å². The highest BCUT2D eigenvalue weighted by atomic mass is 79.9. The summed E-state index contributed by atoms with van der Waals surface area (Å²) in [5.74, 6) is -0.107. The van der Waals surface area contributed by atoms with Crippen molar-refractivity contribution in [3.8, 4) is 0 Å². The minimum atomic E-state index is -3.35. The number of carbonyl (C=O) groups is 1. The van der Waals surface area contributed by atoms with Crippen molar-refractivity contribution in [3.63, 3.8) is 0 Å². The largest absolute Gasteiger partial charge is 0.375 e. The Bertz CT molecular complexity index is 625. The normalized spacial score (nSPS) is 15.9. The molecule has 0 spiro atoms. The number of carbonyl (C=O) groups excluding carboxylic acids is 1. The third-order valence-corrected chi connectivity index (χ3v) is 5.13. The van der Waals surface area contributed by atoms with Crippen molar-refractivity contribution in [1.82, 2.24) is 5.32 Å². The topological polar surface area (TPSA) is 75.3 Å². The van der Waals surface area contributed by atoms with Crippen LogP contribution in [-0.2, 0) is 14.6 Å². The predicted octanol–water partition coefficient (Wildman–Crippen LogP) is 2.32. The van der Waals surface area contributed by atoms with Crippen molar-refractivity contribution in [1.29, 1.82) is 0 Å². The van der Waals surface area contributed by atoms with Gasteiger partial charge in [-0.05, 0) is 31.0 Å². The van der Waals surface area contributed by atoms with Gasteiger partial charge in [-0.2, -0.15) is 0 Å². The molecule has 1 saturated carbocycles. The monoisotopic (exact) mass is 374 g/mol. The van der Waals surface area contributed by atoms with E-state index in [1.807, 2.05) is 0 Å². The number of hydrogen-bond acceptors (Lipinski definition) is 4. The van der Waals surface area contributed by atoms with Crippen molar-refractivity contribution < 1.29 is 13.2 Å². The molecule has 1 fully saturated rings. The van der Waals surface area contributed by atoms with E-state index >= 15 is 0 Å². The number of sulfone groups is 1. The van der Waals surface area contributed by atoms with Gasteiger partial charge in [-0.15, -0.1) is 0 Å². The third kappa shape index (κ3) is 4.71. The minimum absolute atomic E-state index is 0.0701. The Morgan fingerprint density at radius 1 is 1.33 bits per heavy atom. The molecule has 1 aliphatic rings. The van der Waals surface area contributed by atoms with Gasteiger partial charge in [-0.1, -0.05) is 28.8 Å². The lowest BCUT2D eigenvalue weighted by Crippen LogP contribution is -2.36. The molecule has 0 atom stereocenters. The summed E-state index contributed by atoms with van der Waals surface area (Å²) in [5.41, 5.74) is 0.447. The molecule has 2 rings (SSSR count). The lowest BCUT2D eigenvalue weighted by Gasteiger charge is -2.14. The Hall–Kier alpha value is -1.08. The summed E-state index contributed by atoms with van der Waals surface area (Å²) in [6, 6.07) is 5.19. The summed E-state index contributed by atoms with van der Waals surface area (Å²) in [6.45, 7) is 0.0701. The quantitative estimate of drug-likeness (QED) is 0.828. The molecular formula is C14H19BrN2O3S. The Kier molecular flexibility index (Phi) is 5.27. The molecule has 1 aromatic carbocycles. The minimum Gasteiger partial charge on any atom is -0.375 e. The van der Waals surface area contributed by atoms with Crippen LogP contribution in [-0.4, -0.2) is 33.2 Å². The van der Waals surface area contributed by atoms with E-state index in [0.29, 0.717) is 10.2 Å². The van der Waals surface area contributed by atoms with E-state index in [-0.39, 0.29) is 23.4 Å². The van der Waals surface area contributed by atoms with E-state index in [0.717, 1.165) is 31.9 Å². The first-order valence-corrected chi connectivity index (χ1v) is 9.57. The summed E-state index contributed by atoms with van der Waals surface area (Å²) in [4.78, 5) is 12.1. The fourth-order valence-electron chi connectivity index (χ4n) is 2.47. The first kappa shape index (κ1) is 16.3. The van der Waals surface area contributed by atoms with E-state index in [2.05, 4.69) is 26.6 Å². The molecule has 0 aromatic heterocycles. The third-order valence-electron chi connectivity index (χ3n) is 3.50. The fourth-order valence-corrected chi connectivity index (χ4v) is 3.87. The lowest BCUT2D eigenvalue weighted by molar-refractivity contribution is -0.120. The van der Waals surface area contributed by atoms with E-state index in [1.165, 1.54) is 6.07 Å². The van der Waals surface area contributed by atoms with Crippen LogP contribution in [0, 0.1) is 0 Å². The Morgan fingerprint density at radius 2 is 2.00 bits per heavy atom. The maximum absolute atomic E-state index is 11.9. The van der Waals surface area contributed by atoms with Crippen molar-refractivity contribution in [2.75, 3.05) is 18.1 Å². The molecule has 0 heterocycles. The number of rotatable bonds is 5. The molecule has 0 unspecified atom stereocenters. The molecule has 0 bridgehead atoms. The maximum Gasteiger partial charge on any atom is 0.239 e. The summed E-state index contributed by atoms with van der Waals surface area (Å²) >= 11 is 3.26. The maximum atomic E-state index is 11.9. The molecule has 1 aliphatic carbocycles. The van der Waals surface area contributed by atoms with Gasteiger partial charge in [0.25, 0.3) is 0 Å². The van der Waals surface area contributed by atoms with Gasteiger partial charge in [0, 0.05) is 16.8 Å². The van der Waals surface area contributed by atoms with E-state index in [9.17, 15) is 13.2 Å². The summed E-state index contributed by atoms with van der Waals surface area (Å²) < 4.78 is 24.2. The standard InChI is InChI=1S/C14H19BrN2O3S/c1-21(19,20)13-8-10(15)6-7-12(13)16-9-14(18)17-11-4-2-3-5-11/h6-8,11,16H,2-5,9H2,1H3,(H,17,18). The Balaban J connectivity index is 2.01. The average molecular weight is 375 g/mol. The van der Waals surface area contributed by atoms with Gasteiger partial charge in [0.05, 0.1) is 17.1 Å². The number of hydrogen-bond donors (Lipinski definition) is 2.